The lowest BCUT2D eigenvalue weighted by Crippen LogP contribution is -2.35. The highest BCUT2D eigenvalue weighted by molar-refractivity contribution is 9.09. The van der Waals surface area contributed by atoms with Crippen molar-refractivity contribution < 1.29 is 9.53 Å². The largest absolute Gasteiger partial charge is 0.379 e. The van der Waals surface area contributed by atoms with Crippen molar-refractivity contribution in [3.63, 3.8) is 0 Å². The molecule has 0 radical (unpaired) electrons. The number of carbonyl (C=O) groups excluding carboxylic acids is 1. The van der Waals surface area contributed by atoms with Gasteiger partial charge in [-0.05, 0) is 5.56 Å². The Labute approximate surface area is 116 Å². The van der Waals surface area contributed by atoms with Crippen molar-refractivity contribution in [1.29, 1.82) is 0 Å². The summed E-state index contributed by atoms with van der Waals surface area (Å²) in [7, 11) is 0. The van der Waals surface area contributed by atoms with E-state index < -0.39 is 0 Å². The van der Waals surface area contributed by atoms with Gasteiger partial charge in [0.2, 0.25) is 5.91 Å². The number of amides is 1. The zero-order chi connectivity index (χ0) is 12.8. The maximum atomic E-state index is 11.9. The molecule has 1 heterocycles. The van der Waals surface area contributed by atoms with Gasteiger partial charge in [0.1, 0.15) is 0 Å². The van der Waals surface area contributed by atoms with Crippen molar-refractivity contribution in [2.24, 2.45) is 0 Å². The second-order valence-electron chi connectivity index (χ2n) is 4.46. The fraction of sp³-hybridized carbons (Fsp3) is 0.500. The molecule has 4 heteroatoms. The minimum absolute atomic E-state index is 0.203. The highest BCUT2D eigenvalue weighted by Gasteiger charge is 2.21. The van der Waals surface area contributed by atoms with Gasteiger partial charge in [0.05, 0.1) is 19.6 Å². The lowest BCUT2D eigenvalue weighted by atomic mass is 10.0. The highest BCUT2D eigenvalue weighted by atomic mass is 79.9. The van der Waals surface area contributed by atoms with Gasteiger partial charge in [0, 0.05) is 24.3 Å². The molecule has 0 aliphatic carbocycles. The molecule has 1 unspecified atom stereocenters. The number of hydrogen-bond acceptors (Lipinski definition) is 2. The van der Waals surface area contributed by atoms with Crippen LogP contribution in [0.5, 0.6) is 0 Å². The van der Waals surface area contributed by atoms with E-state index in [1.54, 1.807) is 0 Å². The van der Waals surface area contributed by atoms with Crippen molar-refractivity contribution in [2.45, 2.75) is 12.3 Å². The number of rotatable bonds is 4. The van der Waals surface area contributed by atoms with E-state index in [2.05, 4.69) is 28.1 Å². The summed E-state index contributed by atoms with van der Waals surface area (Å²) < 4.78 is 5.34. The van der Waals surface area contributed by atoms with Crippen molar-refractivity contribution in [3.8, 4) is 0 Å². The van der Waals surface area contributed by atoms with E-state index in [1.165, 1.54) is 5.56 Å². The fourth-order valence-corrected chi connectivity index (χ4v) is 2.73. The molecule has 0 bridgehead atoms. The molecule has 1 saturated heterocycles. The quantitative estimate of drug-likeness (QED) is 0.799. The Kier molecular flexibility index (Phi) is 5.20. The molecule has 1 aromatic rings. The first-order chi connectivity index (χ1) is 8.81. The minimum Gasteiger partial charge on any atom is -0.379 e. The first-order valence-electron chi connectivity index (χ1n) is 6.27. The van der Waals surface area contributed by atoms with Crippen LogP contribution in [-0.2, 0) is 9.53 Å². The maximum absolute atomic E-state index is 11.9. The Morgan fingerprint density at radius 2 is 2.06 bits per heavy atom. The Balaban J connectivity index is 2.03. The van der Waals surface area contributed by atoms with Crippen LogP contribution in [0.25, 0.3) is 0 Å². The third-order valence-electron chi connectivity index (χ3n) is 3.22. The molecule has 0 spiro atoms. The molecule has 1 aromatic carbocycles. The third-order valence-corrected chi connectivity index (χ3v) is 4.00. The van der Waals surface area contributed by atoms with Gasteiger partial charge >= 0.3 is 0 Å². The summed E-state index contributed by atoms with van der Waals surface area (Å²) in [5.74, 6) is 0.544. The van der Waals surface area contributed by atoms with E-state index in [-0.39, 0.29) is 5.91 Å². The zero-order valence-corrected chi connectivity index (χ0v) is 11.9. The van der Waals surface area contributed by atoms with Gasteiger partial charge in [-0.3, -0.25) is 4.79 Å². The Morgan fingerprint density at radius 1 is 1.28 bits per heavy atom. The average Bonchev–Trinajstić information content (AvgIpc) is 2.62. The summed E-state index contributed by atoms with van der Waals surface area (Å²) in [4.78, 5) is 13.9. The van der Waals surface area contributed by atoms with Gasteiger partial charge < -0.3 is 9.64 Å². The number of carbonyl (C=O) groups is 1. The standard InChI is InChI=1S/C14H18BrNO2/c15-10-13(12-4-2-1-3-5-12)11-16-7-9-18-8-6-14(16)17/h1-5,13H,6-11H2. The van der Waals surface area contributed by atoms with Crippen molar-refractivity contribution in [1.82, 2.24) is 4.90 Å². The number of alkyl halides is 1. The van der Waals surface area contributed by atoms with Crippen LogP contribution in [0.3, 0.4) is 0 Å². The number of benzene rings is 1. The third kappa shape index (κ3) is 3.56. The molecular weight excluding hydrogens is 294 g/mol. The van der Waals surface area contributed by atoms with Gasteiger partial charge in [-0.1, -0.05) is 46.3 Å². The molecule has 1 aliphatic heterocycles. The second kappa shape index (κ2) is 6.90. The topological polar surface area (TPSA) is 29.5 Å². The molecule has 1 aliphatic rings. The first kappa shape index (κ1) is 13.6. The van der Waals surface area contributed by atoms with E-state index in [0.29, 0.717) is 32.1 Å². The molecule has 2 rings (SSSR count). The molecule has 1 atom stereocenters. The normalized spacial score (nSPS) is 18.5. The van der Waals surface area contributed by atoms with Gasteiger partial charge in [-0.2, -0.15) is 0 Å². The Bertz CT molecular complexity index is 383. The summed E-state index contributed by atoms with van der Waals surface area (Å²) in [5, 5.41) is 0.863. The summed E-state index contributed by atoms with van der Waals surface area (Å²) >= 11 is 3.55. The van der Waals surface area contributed by atoms with E-state index in [0.717, 1.165) is 11.9 Å². The van der Waals surface area contributed by atoms with Gasteiger partial charge in [0.25, 0.3) is 0 Å². The average molecular weight is 312 g/mol. The highest BCUT2D eigenvalue weighted by Crippen LogP contribution is 2.20. The zero-order valence-electron chi connectivity index (χ0n) is 10.3. The van der Waals surface area contributed by atoms with Crippen LogP contribution in [0.2, 0.25) is 0 Å². The SMILES string of the molecule is O=C1CCOCCN1CC(CBr)c1ccccc1. The van der Waals surface area contributed by atoms with Gasteiger partial charge in [0.15, 0.2) is 0 Å². The number of halogens is 1. The summed E-state index contributed by atoms with van der Waals surface area (Å²) in [6.45, 7) is 2.67. The monoisotopic (exact) mass is 311 g/mol. The number of nitrogens with zero attached hydrogens (tertiary/aromatic N) is 1. The van der Waals surface area contributed by atoms with Crippen LogP contribution in [0.15, 0.2) is 30.3 Å². The Hall–Kier alpha value is -0.870. The maximum Gasteiger partial charge on any atom is 0.224 e. The molecule has 1 amide bonds. The predicted molar refractivity (Wildman–Crippen MR) is 75.0 cm³/mol. The molecule has 18 heavy (non-hydrogen) atoms. The van der Waals surface area contributed by atoms with E-state index >= 15 is 0 Å². The summed E-state index contributed by atoms with van der Waals surface area (Å²) in [6.07, 6.45) is 0.504. The number of hydrogen-bond donors (Lipinski definition) is 0. The molecule has 0 aromatic heterocycles. The lowest BCUT2D eigenvalue weighted by molar-refractivity contribution is -0.130. The van der Waals surface area contributed by atoms with Crippen LogP contribution in [-0.4, -0.2) is 42.4 Å². The van der Waals surface area contributed by atoms with Gasteiger partial charge in [-0.15, -0.1) is 0 Å². The molecule has 0 N–H and O–H groups in total. The van der Waals surface area contributed by atoms with Crippen molar-refractivity contribution in [2.75, 3.05) is 31.6 Å². The second-order valence-corrected chi connectivity index (χ2v) is 5.11. The number of ether oxygens (including phenoxy) is 1. The Morgan fingerprint density at radius 3 is 2.78 bits per heavy atom. The van der Waals surface area contributed by atoms with Crippen LogP contribution < -0.4 is 0 Å². The van der Waals surface area contributed by atoms with E-state index in [4.69, 9.17) is 4.74 Å². The molecule has 0 saturated carbocycles. The fourth-order valence-electron chi connectivity index (χ4n) is 2.15. The summed E-state index contributed by atoms with van der Waals surface area (Å²) in [5.41, 5.74) is 1.27. The van der Waals surface area contributed by atoms with Crippen LogP contribution in [0.4, 0.5) is 0 Å². The molecule has 3 nitrogen and oxygen atoms in total. The predicted octanol–water partition coefficient (Wildman–Crippen LogP) is 2.41. The minimum atomic E-state index is 0.203. The van der Waals surface area contributed by atoms with E-state index in [1.807, 2.05) is 23.1 Å². The van der Waals surface area contributed by atoms with Crippen LogP contribution in [0.1, 0.15) is 17.9 Å². The van der Waals surface area contributed by atoms with E-state index in [9.17, 15) is 4.79 Å². The lowest BCUT2D eigenvalue weighted by Gasteiger charge is -2.25. The smallest absolute Gasteiger partial charge is 0.224 e. The summed E-state index contributed by atoms with van der Waals surface area (Å²) in [6, 6.07) is 10.3. The van der Waals surface area contributed by atoms with Crippen molar-refractivity contribution >= 4 is 21.8 Å². The molecular formula is C14H18BrNO2. The van der Waals surface area contributed by atoms with Crippen molar-refractivity contribution in [3.05, 3.63) is 35.9 Å². The van der Waals surface area contributed by atoms with Crippen LogP contribution >= 0.6 is 15.9 Å². The molecule has 1 fully saturated rings. The molecule has 98 valence electrons. The first-order valence-corrected chi connectivity index (χ1v) is 7.40. The van der Waals surface area contributed by atoms with Gasteiger partial charge in [-0.25, -0.2) is 0 Å². The van der Waals surface area contributed by atoms with Crippen LogP contribution in [0, 0.1) is 0 Å².